The molecular weight excluding hydrogens is 292 g/mol. The molecule has 1 aliphatic heterocycles. The van der Waals surface area contributed by atoms with Crippen molar-refractivity contribution in [1.82, 2.24) is 0 Å². The van der Waals surface area contributed by atoms with E-state index in [0.717, 1.165) is 0 Å². The number of Topliss-reactive ketones (excluding diaryl/α,β-unsaturated/α-hetero) is 1. The van der Waals surface area contributed by atoms with Crippen LogP contribution >= 0.6 is 0 Å². The largest absolute Gasteiger partial charge is 0.385 e. The molecule has 8 atom stereocenters. The fraction of sp³-hybridized carbons (Fsp3) is 0.789. The summed E-state index contributed by atoms with van der Waals surface area (Å²) in [5.41, 5.74) is -0.752. The summed E-state index contributed by atoms with van der Waals surface area (Å²) in [7, 11) is 0. The Kier molecular flexibility index (Phi) is 2.03. The van der Waals surface area contributed by atoms with Crippen LogP contribution in [-0.2, 0) is 14.3 Å². The minimum atomic E-state index is -2.17. The van der Waals surface area contributed by atoms with Crippen LogP contribution in [0.4, 0.5) is 0 Å². The monoisotopic (exact) mass is 320 g/mol. The van der Waals surface area contributed by atoms with Gasteiger partial charge in [-0.25, -0.2) is 0 Å². The molecule has 0 aromatic heterocycles. The molecule has 4 fully saturated rings. The molecule has 23 heavy (non-hydrogen) atoms. The Hall–Kier alpha value is -1.00. The maximum atomic E-state index is 12.7. The Bertz CT molecular complexity index is 793. The zero-order valence-corrected chi connectivity index (χ0v) is 13.2. The zero-order chi connectivity index (χ0) is 19.6. The number of hydrogen-bond acceptors (Lipinski definition) is 4. The van der Waals surface area contributed by atoms with Crippen LogP contribution in [0.2, 0.25) is 0 Å². The first kappa shape index (κ1) is 10.8. The normalized spacial score (nSPS) is 65.5. The molecule has 3 saturated carbocycles. The molecule has 4 aliphatic carbocycles. The lowest BCUT2D eigenvalue weighted by atomic mass is 9.47. The lowest BCUT2D eigenvalue weighted by Crippen LogP contribution is -2.52. The van der Waals surface area contributed by atoms with E-state index in [2.05, 4.69) is 0 Å². The lowest BCUT2D eigenvalue weighted by molar-refractivity contribution is -0.136. The molecule has 0 radical (unpaired) electrons. The summed E-state index contributed by atoms with van der Waals surface area (Å²) in [5.74, 6) is -1.92. The standard InChI is InChI=1S/C19H24O4/c1-18-4-3-12-11(13(18)8-15(21)17(18)22)7-16-14-6-10(20)2-5-19(12,14)9-23-16/h6,11-13,15-16,21H,2-5,7-9H2,1H3/t11-,12+,13+,15-,16-,18+,19+/m1/s1/i2D,7D2,15D/t2-,11+,12-,13-,15+,16+,18-,19-/m0. The van der Waals surface area contributed by atoms with Crippen LogP contribution in [-0.4, -0.2) is 35.5 Å². The molecule has 2 bridgehead atoms. The zero-order valence-electron chi connectivity index (χ0n) is 17.2. The Morgan fingerprint density at radius 2 is 2.22 bits per heavy atom. The van der Waals surface area contributed by atoms with Gasteiger partial charge in [-0.1, -0.05) is 6.92 Å². The average Bonchev–Trinajstić information content (AvgIpc) is 2.99. The van der Waals surface area contributed by atoms with Crippen LogP contribution in [0.5, 0.6) is 0 Å². The van der Waals surface area contributed by atoms with Crippen LogP contribution in [0.15, 0.2) is 11.6 Å². The first-order valence-corrected chi connectivity index (χ1v) is 8.52. The van der Waals surface area contributed by atoms with E-state index in [1.54, 1.807) is 6.92 Å². The van der Waals surface area contributed by atoms with Crippen molar-refractivity contribution in [2.75, 3.05) is 6.61 Å². The molecule has 124 valence electrons. The van der Waals surface area contributed by atoms with Crippen molar-refractivity contribution in [2.45, 2.75) is 57.6 Å². The SMILES string of the molecule is [2H][C@H]1C[C@@]23CO[C@@H](C2=CC1=O)C([2H])([2H])[C@@H]1[C@@H]3CC[C@]2(C)C(=O)[C@]([2H])(O)C[C@@H]12. The molecule has 0 unspecified atom stereocenters. The van der Waals surface area contributed by atoms with Crippen LogP contribution < -0.4 is 0 Å². The second-order valence-corrected chi connectivity index (χ2v) is 8.10. The van der Waals surface area contributed by atoms with Gasteiger partial charge in [0, 0.05) is 21.3 Å². The van der Waals surface area contributed by atoms with Gasteiger partial charge in [-0.2, -0.15) is 0 Å². The number of carbonyl (C=O) groups excluding carboxylic acids is 2. The van der Waals surface area contributed by atoms with Crippen LogP contribution in [0, 0.1) is 28.6 Å². The van der Waals surface area contributed by atoms with Gasteiger partial charge in [-0.3, -0.25) is 9.59 Å². The van der Waals surface area contributed by atoms with E-state index in [0.29, 0.717) is 31.4 Å². The van der Waals surface area contributed by atoms with Crippen molar-refractivity contribution in [3.63, 3.8) is 0 Å². The van der Waals surface area contributed by atoms with Crippen molar-refractivity contribution in [3.8, 4) is 0 Å². The quantitative estimate of drug-likeness (QED) is 0.742. The van der Waals surface area contributed by atoms with Gasteiger partial charge in [0.05, 0.1) is 14.1 Å². The van der Waals surface area contributed by atoms with E-state index >= 15 is 0 Å². The summed E-state index contributed by atoms with van der Waals surface area (Å²) in [6, 6.07) is 0. The molecule has 1 N–H and O–H groups in total. The third-order valence-corrected chi connectivity index (χ3v) is 7.24. The van der Waals surface area contributed by atoms with Crippen LogP contribution in [0.25, 0.3) is 0 Å². The van der Waals surface area contributed by atoms with Gasteiger partial charge >= 0.3 is 0 Å². The van der Waals surface area contributed by atoms with Gasteiger partial charge in [0.15, 0.2) is 11.6 Å². The van der Waals surface area contributed by atoms with E-state index in [-0.39, 0.29) is 18.1 Å². The molecule has 4 heteroatoms. The van der Waals surface area contributed by atoms with Gasteiger partial charge in [0.2, 0.25) is 0 Å². The van der Waals surface area contributed by atoms with Crippen LogP contribution in [0.1, 0.15) is 50.9 Å². The van der Waals surface area contributed by atoms with Crippen molar-refractivity contribution in [3.05, 3.63) is 11.6 Å². The number of rotatable bonds is 0. The predicted molar refractivity (Wildman–Crippen MR) is 82.6 cm³/mol. The summed E-state index contributed by atoms with van der Waals surface area (Å²) in [6.45, 7) is 2.07. The van der Waals surface area contributed by atoms with E-state index < -0.39 is 53.4 Å². The molecule has 1 saturated heterocycles. The lowest BCUT2D eigenvalue weighted by Gasteiger charge is -2.55. The average molecular weight is 320 g/mol. The van der Waals surface area contributed by atoms with Gasteiger partial charge < -0.3 is 9.84 Å². The fourth-order valence-corrected chi connectivity index (χ4v) is 5.96. The molecule has 0 aromatic rings. The molecular formula is C19H24O4. The van der Waals surface area contributed by atoms with Crippen LogP contribution in [0.3, 0.4) is 0 Å². The highest BCUT2D eigenvalue weighted by atomic mass is 16.5. The highest BCUT2D eigenvalue weighted by molar-refractivity contribution is 5.92. The van der Waals surface area contributed by atoms with Gasteiger partial charge in [-0.05, 0) is 61.5 Å². The Balaban J connectivity index is 1.67. The first-order valence-electron chi connectivity index (χ1n) is 10.6. The number of ketones is 2. The summed E-state index contributed by atoms with van der Waals surface area (Å²) in [6.07, 6.45) is -2.90. The third-order valence-electron chi connectivity index (χ3n) is 7.24. The highest BCUT2D eigenvalue weighted by Crippen LogP contribution is 2.66. The van der Waals surface area contributed by atoms with E-state index in [4.69, 9.17) is 10.2 Å². The summed E-state index contributed by atoms with van der Waals surface area (Å²) < 4.78 is 39.9. The first-order chi connectivity index (χ1) is 12.4. The number of ether oxygens (including phenoxy) is 1. The van der Waals surface area contributed by atoms with Crippen molar-refractivity contribution >= 4 is 11.6 Å². The second-order valence-electron chi connectivity index (χ2n) is 8.10. The fourth-order valence-electron chi connectivity index (χ4n) is 5.96. The Morgan fingerprint density at radius 3 is 3.04 bits per heavy atom. The van der Waals surface area contributed by atoms with Gasteiger partial charge in [-0.15, -0.1) is 0 Å². The van der Waals surface area contributed by atoms with Crippen molar-refractivity contribution < 1.29 is 24.9 Å². The minimum Gasteiger partial charge on any atom is -0.385 e. The van der Waals surface area contributed by atoms with E-state index in [9.17, 15) is 14.7 Å². The van der Waals surface area contributed by atoms with Crippen molar-refractivity contribution in [2.24, 2.45) is 28.6 Å². The topological polar surface area (TPSA) is 63.6 Å². The molecule has 1 heterocycles. The molecule has 5 rings (SSSR count). The summed E-state index contributed by atoms with van der Waals surface area (Å²) in [4.78, 5) is 24.9. The molecule has 5 aliphatic rings. The number of carbonyl (C=O) groups is 2. The number of fused-ring (bicyclic) bond motifs is 3. The molecule has 0 aromatic carbocycles. The predicted octanol–water partition coefficient (Wildman–Crippen LogP) is 2.05. The molecule has 0 amide bonds. The van der Waals surface area contributed by atoms with E-state index in [1.807, 2.05) is 0 Å². The van der Waals surface area contributed by atoms with Crippen molar-refractivity contribution in [1.29, 1.82) is 0 Å². The smallest absolute Gasteiger partial charge is 0.167 e. The van der Waals surface area contributed by atoms with Gasteiger partial charge in [0.25, 0.3) is 0 Å². The maximum absolute atomic E-state index is 12.7. The maximum Gasteiger partial charge on any atom is 0.167 e. The molecule has 4 nitrogen and oxygen atoms in total. The van der Waals surface area contributed by atoms with Gasteiger partial charge in [0.1, 0.15) is 6.08 Å². The highest BCUT2D eigenvalue weighted by Gasteiger charge is 2.65. The number of hydrogen-bond donors (Lipinski definition) is 1. The summed E-state index contributed by atoms with van der Waals surface area (Å²) >= 11 is 0. The number of aliphatic hydroxyl groups is 1. The summed E-state index contributed by atoms with van der Waals surface area (Å²) in [5, 5.41) is 10.4. The Morgan fingerprint density at radius 1 is 1.39 bits per heavy atom. The molecule has 0 spiro atoms. The third kappa shape index (κ3) is 1.59. The Labute approximate surface area is 141 Å². The van der Waals surface area contributed by atoms with E-state index in [1.165, 1.54) is 6.08 Å². The second kappa shape index (κ2) is 4.34. The minimum absolute atomic E-state index is 0.0614.